The van der Waals surface area contributed by atoms with Crippen LogP contribution in [-0.2, 0) is 10.0 Å². The van der Waals surface area contributed by atoms with Crippen LogP contribution in [0.2, 0.25) is 0 Å². The summed E-state index contributed by atoms with van der Waals surface area (Å²) in [6.45, 7) is 5.22. The fourth-order valence-corrected chi connectivity index (χ4v) is 3.67. The van der Waals surface area contributed by atoms with Gasteiger partial charge in [0.25, 0.3) is 0 Å². The molecule has 132 valence electrons. The molecule has 6 nitrogen and oxygen atoms in total. The third-order valence-corrected chi connectivity index (χ3v) is 5.99. The molecule has 0 aromatic rings. The minimum Gasteiger partial charge on any atom is -0.357 e. The molecule has 0 saturated heterocycles. The molecule has 1 rings (SSSR count). The van der Waals surface area contributed by atoms with E-state index in [4.69, 9.17) is 0 Å². The van der Waals surface area contributed by atoms with E-state index in [-0.39, 0.29) is 29.7 Å². The first kappa shape index (κ1) is 22.3. The molecular weight excluding hydrogens is 435 g/mol. The lowest BCUT2D eigenvalue weighted by Crippen LogP contribution is -2.43. The van der Waals surface area contributed by atoms with Crippen LogP contribution in [0.1, 0.15) is 33.1 Å². The number of hydrogen-bond donors (Lipinski definition) is 3. The first-order valence-corrected chi connectivity index (χ1v) is 10.5. The maximum Gasteiger partial charge on any atom is 0.211 e. The van der Waals surface area contributed by atoms with Crippen molar-refractivity contribution in [2.75, 3.05) is 31.6 Å². The van der Waals surface area contributed by atoms with Crippen LogP contribution in [0.3, 0.4) is 0 Å². The van der Waals surface area contributed by atoms with Crippen LogP contribution in [0.5, 0.6) is 0 Å². The molecule has 3 N–H and O–H groups in total. The molecule has 0 bridgehead atoms. The molecule has 9 heteroatoms. The van der Waals surface area contributed by atoms with Gasteiger partial charge in [0.15, 0.2) is 5.96 Å². The second kappa shape index (κ2) is 11.7. The van der Waals surface area contributed by atoms with Crippen LogP contribution >= 0.6 is 35.7 Å². The first-order chi connectivity index (χ1) is 10.0. The summed E-state index contributed by atoms with van der Waals surface area (Å²) in [7, 11) is -3.13. The number of halogens is 1. The Balaban J connectivity index is 0.00000441. The summed E-state index contributed by atoms with van der Waals surface area (Å²) in [6.07, 6.45) is 5.73. The second-order valence-corrected chi connectivity index (χ2v) is 8.30. The lowest BCUT2D eigenvalue weighted by molar-refractivity contribution is 0.582. The van der Waals surface area contributed by atoms with Gasteiger partial charge in [-0.25, -0.2) is 13.1 Å². The molecule has 22 heavy (non-hydrogen) atoms. The molecule has 2 unspecified atom stereocenters. The lowest BCUT2D eigenvalue weighted by Gasteiger charge is -2.17. The highest BCUT2D eigenvalue weighted by molar-refractivity contribution is 14.0. The van der Waals surface area contributed by atoms with Crippen molar-refractivity contribution in [2.24, 2.45) is 4.99 Å². The molecule has 0 aromatic carbocycles. The third-order valence-electron chi connectivity index (χ3n) is 3.49. The van der Waals surface area contributed by atoms with E-state index < -0.39 is 10.0 Å². The Morgan fingerprint density at radius 1 is 1.32 bits per heavy atom. The number of hydrogen-bond acceptors (Lipinski definition) is 4. The van der Waals surface area contributed by atoms with E-state index in [0.717, 1.165) is 24.2 Å². The fourth-order valence-electron chi connectivity index (χ4n) is 2.27. The van der Waals surface area contributed by atoms with Crippen molar-refractivity contribution < 1.29 is 8.42 Å². The summed E-state index contributed by atoms with van der Waals surface area (Å²) >= 11 is 1.93. The largest absolute Gasteiger partial charge is 0.357 e. The number of aliphatic imine (C=N–C) groups is 1. The van der Waals surface area contributed by atoms with E-state index in [2.05, 4.69) is 26.6 Å². The number of guanidine groups is 1. The standard InChI is InChI=1S/C13H28N4O2S2.HI/c1-4-14-13(15-8-9-16-21(18,19)5-2)17-11-6-7-12(10-11)20-3;/h11-12,16H,4-10H2,1-3H3,(H2,14,15,17);1H. The smallest absolute Gasteiger partial charge is 0.211 e. The first-order valence-electron chi connectivity index (χ1n) is 7.55. The minimum atomic E-state index is -3.13. The fraction of sp³-hybridized carbons (Fsp3) is 0.923. The van der Waals surface area contributed by atoms with Crippen LogP contribution in [-0.4, -0.2) is 57.3 Å². The van der Waals surface area contributed by atoms with Crippen LogP contribution < -0.4 is 15.4 Å². The van der Waals surface area contributed by atoms with Gasteiger partial charge in [-0.15, -0.1) is 24.0 Å². The van der Waals surface area contributed by atoms with E-state index in [9.17, 15) is 8.42 Å². The van der Waals surface area contributed by atoms with Crippen molar-refractivity contribution in [3.05, 3.63) is 0 Å². The van der Waals surface area contributed by atoms with Gasteiger partial charge in [-0.05, 0) is 39.4 Å². The maximum atomic E-state index is 11.3. The van der Waals surface area contributed by atoms with Crippen molar-refractivity contribution in [3.63, 3.8) is 0 Å². The van der Waals surface area contributed by atoms with Gasteiger partial charge in [0.1, 0.15) is 0 Å². The third kappa shape index (κ3) is 8.78. The van der Waals surface area contributed by atoms with Crippen LogP contribution in [0, 0.1) is 0 Å². The molecule has 0 amide bonds. The molecule has 1 aliphatic carbocycles. The molecule has 1 saturated carbocycles. The van der Waals surface area contributed by atoms with Gasteiger partial charge in [0.05, 0.1) is 12.3 Å². The number of nitrogens with one attached hydrogen (secondary N) is 3. The monoisotopic (exact) mass is 464 g/mol. The Morgan fingerprint density at radius 3 is 2.59 bits per heavy atom. The van der Waals surface area contributed by atoms with Crippen LogP contribution in [0.4, 0.5) is 0 Å². The van der Waals surface area contributed by atoms with Gasteiger partial charge >= 0.3 is 0 Å². The predicted octanol–water partition coefficient (Wildman–Crippen LogP) is 1.38. The highest BCUT2D eigenvalue weighted by Crippen LogP contribution is 2.27. The predicted molar refractivity (Wildman–Crippen MR) is 107 cm³/mol. The zero-order valence-corrected chi connectivity index (χ0v) is 17.6. The molecule has 0 aromatic heterocycles. The Bertz CT molecular complexity index is 432. The summed E-state index contributed by atoms with van der Waals surface area (Å²) in [5.41, 5.74) is 0. The van der Waals surface area contributed by atoms with Gasteiger partial charge in [-0.2, -0.15) is 11.8 Å². The van der Waals surface area contributed by atoms with Crippen molar-refractivity contribution in [2.45, 2.75) is 44.4 Å². The molecule has 0 heterocycles. The minimum absolute atomic E-state index is 0. The van der Waals surface area contributed by atoms with E-state index >= 15 is 0 Å². The summed E-state index contributed by atoms with van der Waals surface area (Å²) in [4.78, 5) is 4.43. The molecule has 2 atom stereocenters. The zero-order valence-electron chi connectivity index (χ0n) is 13.6. The molecule has 0 radical (unpaired) electrons. The number of thioether (sulfide) groups is 1. The van der Waals surface area contributed by atoms with Crippen LogP contribution in [0.25, 0.3) is 0 Å². The van der Waals surface area contributed by atoms with Crippen molar-refractivity contribution in [1.82, 2.24) is 15.4 Å². The SMILES string of the molecule is CCNC(=NCCNS(=O)(=O)CC)NC1CCC(SC)C1.I. The Kier molecular flexibility index (Phi) is 11.9. The van der Waals surface area contributed by atoms with Crippen LogP contribution in [0.15, 0.2) is 4.99 Å². The van der Waals surface area contributed by atoms with Gasteiger partial charge in [0, 0.05) is 24.4 Å². The van der Waals surface area contributed by atoms with Crippen molar-refractivity contribution in [3.8, 4) is 0 Å². The Hall–Kier alpha value is 0.260. The summed E-state index contributed by atoms with van der Waals surface area (Å²) < 4.78 is 25.2. The van der Waals surface area contributed by atoms with Crippen molar-refractivity contribution >= 4 is 51.7 Å². The summed E-state index contributed by atoms with van der Waals surface area (Å²) in [5, 5.41) is 7.39. The highest BCUT2D eigenvalue weighted by Gasteiger charge is 2.24. The van der Waals surface area contributed by atoms with Gasteiger partial charge in [-0.3, -0.25) is 4.99 Å². The van der Waals surface area contributed by atoms with E-state index in [1.54, 1.807) is 6.92 Å². The molecule has 1 aliphatic rings. The lowest BCUT2D eigenvalue weighted by atomic mass is 10.2. The summed E-state index contributed by atoms with van der Waals surface area (Å²) in [6, 6.07) is 0.465. The number of nitrogens with zero attached hydrogens (tertiary/aromatic N) is 1. The molecular formula is C13H29IN4O2S2. The average molecular weight is 464 g/mol. The number of sulfonamides is 1. The van der Waals surface area contributed by atoms with E-state index in [1.165, 1.54) is 12.8 Å². The number of rotatable bonds is 8. The second-order valence-electron chi connectivity index (χ2n) is 5.07. The Morgan fingerprint density at radius 2 is 2.05 bits per heavy atom. The normalized spacial score (nSPS) is 22.2. The molecule has 0 aliphatic heterocycles. The van der Waals surface area contributed by atoms with E-state index in [0.29, 0.717) is 19.1 Å². The Labute approximate surface area is 156 Å². The van der Waals surface area contributed by atoms with Crippen molar-refractivity contribution in [1.29, 1.82) is 0 Å². The quantitative estimate of drug-likeness (QED) is 0.219. The van der Waals surface area contributed by atoms with Gasteiger partial charge in [0.2, 0.25) is 10.0 Å². The topological polar surface area (TPSA) is 82.6 Å². The zero-order chi connectivity index (χ0) is 15.7. The average Bonchev–Trinajstić information content (AvgIpc) is 2.91. The highest BCUT2D eigenvalue weighted by atomic mass is 127. The maximum absolute atomic E-state index is 11.3. The molecule has 0 spiro atoms. The van der Waals surface area contributed by atoms with E-state index in [1.807, 2.05) is 18.7 Å². The van der Waals surface area contributed by atoms with Gasteiger partial charge < -0.3 is 10.6 Å². The van der Waals surface area contributed by atoms with Gasteiger partial charge in [-0.1, -0.05) is 0 Å². The summed E-state index contributed by atoms with van der Waals surface area (Å²) in [5.74, 6) is 0.882. The molecule has 1 fully saturated rings.